The number of hydrogen-bond acceptors (Lipinski definition) is 4. The monoisotopic (exact) mass is 533 g/mol. The van der Waals surface area contributed by atoms with E-state index in [-0.39, 0.29) is 49.5 Å². The quantitative estimate of drug-likeness (QED) is 0.409. The van der Waals surface area contributed by atoms with E-state index in [1.54, 1.807) is 12.1 Å². The van der Waals surface area contributed by atoms with E-state index >= 15 is 0 Å². The summed E-state index contributed by atoms with van der Waals surface area (Å²) in [5, 5.41) is 2.91. The fourth-order valence-corrected chi connectivity index (χ4v) is 5.18. The summed E-state index contributed by atoms with van der Waals surface area (Å²) in [7, 11) is -3.56. The molecule has 0 heterocycles. The maximum Gasteiger partial charge on any atom is 0.242 e. The fraction of sp³-hybridized carbons (Fsp3) is 0.500. The van der Waals surface area contributed by atoms with Crippen molar-refractivity contribution in [1.82, 2.24) is 10.2 Å². The zero-order chi connectivity index (χ0) is 27.8. The Morgan fingerprint density at radius 1 is 1.03 bits per heavy atom. The zero-order valence-electron chi connectivity index (χ0n) is 22.8. The Morgan fingerprint density at radius 2 is 1.62 bits per heavy atom. The van der Waals surface area contributed by atoms with E-state index in [1.165, 1.54) is 21.3 Å². The molecule has 204 valence electrons. The molecule has 1 atom stereocenters. The lowest BCUT2D eigenvalue weighted by molar-refractivity contribution is -0.141. The van der Waals surface area contributed by atoms with Crippen LogP contribution in [0.3, 0.4) is 0 Å². The summed E-state index contributed by atoms with van der Waals surface area (Å²) in [6, 6.07) is 10.7. The van der Waals surface area contributed by atoms with E-state index in [2.05, 4.69) is 5.32 Å². The lowest BCUT2D eigenvalue weighted by Gasteiger charge is -2.31. The number of benzene rings is 2. The summed E-state index contributed by atoms with van der Waals surface area (Å²) in [4.78, 5) is 27.9. The highest BCUT2D eigenvalue weighted by molar-refractivity contribution is 7.92. The second kappa shape index (κ2) is 13.6. The molecule has 0 spiro atoms. The van der Waals surface area contributed by atoms with Crippen LogP contribution < -0.4 is 9.62 Å². The van der Waals surface area contributed by atoms with Crippen LogP contribution in [0.15, 0.2) is 42.5 Å². The zero-order valence-corrected chi connectivity index (χ0v) is 23.6. The Balaban J connectivity index is 2.22. The van der Waals surface area contributed by atoms with Crippen LogP contribution in [-0.2, 0) is 26.2 Å². The van der Waals surface area contributed by atoms with Gasteiger partial charge < -0.3 is 10.2 Å². The smallest absolute Gasteiger partial charge is 0.242 e. The molecule has 2 rings (SSSR count). The van der Waals surface area contributed by atoms with Gasteiger partial charge in [0, 0.05) is 26.1 Å². The first-order valence-electron chi connectivity index (χ1n) is 12.7. The van der Waals surface area contributed by atoms with Crippen molar-refractivity contribution in [3.63, 3.8) is 0 Å². The Bertz CT molecular complexity index is 1150. The third kappa shape index (κ3) is 9.46. The molecule has 2 aromatic rings. The topological polar surface area (TPSA) is 86.8 Å². The van der Waals surface area contributed by atoms with Crippen molar-refractivity contribution in [1.29, 1.82) is 0 Å². The number of rotatable bonds is 13. The second-order valence-corrected chi connectivity index (χ2v) is 11.9. The van der Waals surface area contributed by atoms with E-state index in [9.17, 15) is 22.4 Å². The van der Waals surface area contributed by atoms with E-state index in [1.807, 2.05) is 52.8 Å². The van der Waals surface area contributed by atoms with Crippen LogP contribution in [0.2, 0.25) is 0 Å². The van der Waals surface area contributed by atoms with Gasteiger partial charge in [0.2, 0.25) is 21.8 Å². The predicted molar refractivity (Wildman–Crippen MR) is 146 cm³/mol. The van der Waals surface area contributed by atoms with Gasteiger partial charge in [-0.3, -0.25) is 13.9 Å². The van der Waals surface area contributed by atoms with Crippen molar-refractivity contribution in [3.8, 4) is 0 Å². The van der Waals surface area contributed by atoms with Crippen LogP contribution in [0.25, 0.3) is 0 Å². The van der Waals surface area contributed by atoms with E-state index in [0.29, 0.717) is 24.2 Å². The molecule has 0 fully saturated rings. The van der Waals surface area contributed by atoms with Gasteiger partial charge in [0.1, 0.15) is 11.9 Å². The molecule has 2 amide bonds. The molecule has 37 heavy (non-hydrogen) atoms. The van der Waals surface area contributed by atoms with Gasteiger partial charge in [-0.25, -0.2) is 12.8 Å². The number of sulfonamides is 1. The van der Waals surface area contributed by atoms with Gasteiger partial charge in [0.15, 0.2) is 0 Å². The number of hydrogen-bond donors (Lipinski definition) is 1. The van der Waals surface area contributed by atoms with Crippen LogP contribution >= 0.6 is 0 Å². The number of aryl methyl sites for hydroxylation is 2. The molecule has 0 radical (unpaired) electrons. The maximum atomic E-state index is 13.4. The molecule has 0 aliphatic rings. The highest BCUT2D eigenvalue weighted by Crippen LogP contribution is 2.22. The van der Waals surface area contributed by atoms with Crippen molar-refractivity contribution in [2.75, 3.05) is 23.7 Å². The molecule has 0 aliphatic heterocycles. The number of anilines is 1. The first-order valence-corrected chi connectivity index (χ1v) is 14.5. The molecule has 1 N–H and O–H groups in total. The summed E-state index contributed by atoms with van der Waals surface area (Å²) in [5.74, 6) is -0.616. The number of nitrogens with one attached hydrogen (secondary N) is 1. The molecule has 9 heteroatoms. The van der Waals surface area contributed by atoms with Crippen LogP contribution in [0.1, 0.15) is 56.7 Å². The third-order valence-corrected chi connectivity index (χ3v) is 7.18. The molecule has 0 aromatic heterocycles. The Hall–Kier alpha value is -2.94. The van der Waals surface area contributed by atoms with Gasteiger partial charge in [-0.2, -0.15) is 0 Å². The highest BCUT2D eigenvalue weighted by atomic mass is 32.2. The largest absolute Gasteiger partial charge is 0.354 e. The lowest BCUT2D eigenvalue weighted by Crippen LogP contribution is -2.49. The van der Waals surface area contributed by atoms with Crippen molar-refractivity contribution >= 4 is 27.5 Å². The van der Waals surface area contributed by atoms with Gasteiger partial charge in [0.05, 0.1) is 11.9 Å². The average molecular weight is 534 g/mol. The van der Waals surface area contributed by atoms with Crippen LogP contribution in [0, 0.1) is 25.6 Å². The van der Waals surface area contributed by atoms with Gasteiger partial charge in [-0.15, -0.1) is 0 Å². The molecular formula is C28H40FN3O4S. The van der Waals surface area contributed by atoms with Gasteiger partial charge in [0.25, 0.3) is 0 Å². The van der Waals surface area contributed by atoms with E-state index in [0.717, 1.165) is 17.4 Å². The first kappa shape index (κ1) is 30.3. The average Bonchev–Trinajstić information content (AvgIpc) is 2.79. The summed E-state index contributed by atoms with van der Waals surface area (Å²) in [5.41, 5.74) is 3.17. The van der Waals surface area contributed by atoms with Crippen molar-refractivity contribution in [2.24, 2.45) is 5.92 Å². The maximum absolute atomic E-state index is 13.4. The van der Waals surface area contributed by atoms with Crippen molar-refractivity contribution < 1.29 is 22.4 Å². The van der Waals surface area contributed by atoms with E-state index in [4.69, 9.17) is 0 Å². The minimum absolute atomic E-state index is 0.0615. The number of amides is 2. The number of nitrogens with zero attached hydrogens (tertiary/aromatic N) is 2. The summed E-state index contributed by atoms with van der Waals surface area (Å²) in [6.07, 6.45) is 1.91. The predicted octanol–water partition coefficient (Wildman–Crippen LogP) is 4.57. The molecule has 0 saturated carbocycles. The number of halogens is 1. The Morgan fingerprint density at radius 3 is 2.14 bits per heavy atom. The van der Waals surface area contributed by atoms with Crippen LogP contribution in [0.4, 0.5) is 10.1 Å². The van der Waals surface area contributed by atoms with Gasteiger partial charge in [-0.1, -0.05) is 39.0 Å². The van der Waals surface area contributed by atoms with Crippen LogP contribution in [0.5, 0.6) is 0 Å². The normalized spacial score (nSPS) is 12.3. The number of carbonyl (C=O) groups excluding carboxylic acids is 2. The van der Waals surface area contributed by atoms with Gasteiger partial charge in [-0.05, 0) is 73.6 Å². The molecule has 7 nitrogen and oxygen atoms in total. The van der Waals surface area contributed by atoms with Crippen LogP contribution in [-0.4, -0.2) is 50.5 Å². The highest BCUT2D eigenvalue weighted by Gasteiger charge is 2.29. The molecule has 0 bridgehead atoms. The summed E-state index contributed by atoms with van der Waals surface area (Å²) < 4.78 is 39.9. The molecule has 0 unspecified atom stereocenters. The standard InChI is InChI=1S/C28H40FN3O4S/c1-7-26(28(34)30-18-20(2)3)31(19-23-10-12-24(29)13-11-23)27(33)9-8-14-32(37(6,35)36)25-16-21(4)15-22(5)17-25/h10-13,15-17,20,26H,7-9,14,18-19H2,1-6H3,(H,30,34)/t26-/m1/s1. The van der Waals surface area contributed by atoms with Crippen molar-refractivity contribution in [2.45, 2.75) is 66.5 Å². The molecule has 2 aromatic carbocycles. The van der Waals surface area contributed by atoms with E-state index < -0.39 is 16.1 Å². The minimum atomic E-state index is -3.56. The Labute approximate surface area is 221 Å². The number of carbonyl (C=O) groups is 2. The summed E-state index contributed by atoms with van der Waals surface area (Å²) >= 11 is 0. The fourth-order valence-electron chi connectivity index (χ4n) is 4.23. The SMILES string of the molecule is CC[C@H](C(=O)NCC(C)C)N(Cc1ccc(F)cc1)C(=O)CCCN(c1cc(C)cc(C)c1)S(C)(=O)=O. The summed E-state index contributed by atoms with van der Waals surface area (Å²) in [6.45, 7) is 10.4. The van der Waals surface area contributed by atoms with Crippen molar-refractivity contribution in [3.05, 3.63) is 65.0 Å². The molecular weight excluding hydrogens is 493 g/mol. The second-order valence-electron chi connectivity index (χ2n) is 10.00. The Kier molecular flexibility index (Phi) is 11.1. The first-order chi connectivity index (χ1) is 17.3. The minimum Gasteiger partial charge on any atom is -0.354 e. The molecule has 0 saturated heterocycles. The van der Waals surface area contributed by atoms with Gasteiger partial charge >= 0.3 is 0 Å². The third-order valence-electron chi connectivity index (χ3n) is 5.98. The lowest BCUT2D eigenvalue weighted by atomic mass is 10.1. The molecule has 0 aliphatic carbocycles.